The van der Waals surface area contributed by atoms with E-state index in [0.29, 0.717) is 17.1 Å². The number of hydrogen-bond acceptors (Lipinski definition) is 2. The van der Waals surface area contributed by atoms with Crippen molar-refractivity contribution < 1.29 is 4.39 Å². The summed E-state index contributed by atoms with van der Waals surface area (Å²) in [6, 6.07) is 13.6. The third-order valence-corrected chi connectivity index (χ3v) is 2.98. The zero-order valence-electron chi connectivity index (χ0n) is 10.2. The topological polar surface area (TPSA) is 35.8 Å². The van der Waals surface area contributed by atoms with Crippen molar-refractivity contribution in [3.05, 3.63) is 64.4 Å². The number of benzene rings is 2. The Morgan fingerprint density at radius 2 is 1.89 bits per heavy atom. The number of hydrogen-bond donors (Lipinski definition) is 1. The molecule has 0 spiro atoms. The summed E-state index contributed by atoms with van der Waals surface area (Å²) in [6.45, 7) is 0.653. The van der Waals surface area contributed by atoms with Gasteiger partial charge >= 0.3 is 0 Å². The molecule has 0 saturated heterocycles. The van der Waals surface area contributed by atoms with E-state index in [1.807, 2.05) is 0 Å². The number of nitrogens with one attached hydrogen (secondary N) is 1. The van der Waals surface area contributed by atoms with Crippen molar-refractivity contribution in [2.75, 3.05) is 11.9 Å². The maximum atomic E-state index is 12.8. The van der Waals surface area contributed by atoms with Gasteiger partial charge in [0.1, 0.15) is 11.9 Å². The number of halogens is 2. The standard InChI is InChI=1S/C15H12ClFN2/c16-13-4-3-12(10-18)15(9-13)19-8-7-11-1-5-14(17)6-2-11/h1-6,9,19H,7-8H2. The predicted molar refractivity (Wildman–Crippen MR) is 74.8 cm³/mol. The Hall–Kier alpha value is -2.05. The summed E-state index contributed by atoms with van der Waals surface area (Å²) in [5, 5.41) is 12.7. The van der Waals surface area contributed by atoms with Gasteiger partial charge in [0.15, 0.2) is 0 Å². The van der Waals surface area contributed by atoms with Crippen LogP contribution in [0.5, 0.6) is 0 Å². The average Bonchev–Trinajstić information content (AvgIpc) is 2.41. The van der Waals surface area contributed by atoms with Crippen molar-refractivity contribution in [3.8, 4) is 6.07 Å². The van der Waals surface area contributed by atoms with E-state index in [0.717, 1.165) is 17.7 Å². The van der Waals surface area contributed by atoms with Crippen LogP contribution in [0.1, 0.15) is 11.1 Å². The minimum Gasteiger partial charge on any atom is -0.384 e. The predicted octanol–water partition coefficient (Wildman–Crippen LogP) is 4.01. The maximum absolute atomic E-state index is 12.8. The van der Waals surface area contributed by atoms with Crippen molar-refractivity contribution >= 4 is 17.3 Å². The normalized spacial score (nSPS) is 9.95. The molecule has 0 amide bonds. The number of rotatable bonds is 4. The second-order valence-corrected chi connectivity index (χ2v) is 4.54. The van der Waals surface area contributed by atoms with Gasteiger partial charge in [-0.15, -0.1) is 0 Å². The zero-order chi connectivity index (χ0) is 13.7. The molecule has 2 aromatic rings. The molecule has 0 unspecified atom stereocenters. The van der Waals surface area contributed by atoms with Gasteiger partial charge in [-0.1, -0.05) is 23.7 Å². The Labute approximate surface area is 116 Å². The summed E-state index contributed by atoms with van der Waals surface area (Å²) in [7, 11) is 0. The van der Waals surface area contributed by atoms with Gasteiger partial charge in [-0.25, -0.2) is 4.39 Å². The lowest BCUT2D eigenvalue weighted by atomic mass is 10.1. The SMILES string of the molecule is N#Cc1ccc(Cl)cc1NCCc1ccc(F)cc1. The van der Waals surface area contributed by atoms with Crippen LogP contribution in [0.15, 0.2) is 42.5 Å². The van der Waals surface area contributed by atoms with Gasteiger partial charge in [-0.05, 0) is 42.3 Å². The monoisotopic (exact) mass is 274 g/mol. The fourth-order valence-electron chi connectivity index (χ4n) is 1.75. The van der Waals surface area contributed by atoms with Gasteiger partial charge < -0.3 is 5.32 Å². The van der Waals surface area contributed by atoms with E-state index in [1.54, 1.807) is 30.3 Å². The molecule has 0 saturated carbocycles. The molecule has 4 heteroatoms. The number of nitriles is 1. The van der Waals surface area contributed by atoms with Gasteiger partial charge in [0.25, 0.3) is 0 Å². The second-order valence-electron chi connectivity index (χ2n) is 4.10. The van der Waals surface area contributed by atoms with Crippen molar-refractivity contribution in [1.82, 2.24) is 0 Å². The van der Waals surface area contributed by atoms with E-state index in [1.165, 1.54) is 12.1 Å². The van der Waals surface area contributed by atoms with Crippen LogP contribution in [-0.4, -0.2) is 6.54 Å². The Morgan fingerprint density at radius 1 is 1.16 bits per heavy atom. The summed E-state index contributed by atoms with van der Waals surface area (Å²) in [6.07, 6.45) is 0.748. The molecular formula is C15H12ClFN2. The molecular weight excluding hydrogens is 263 g/mol. The third-order valence-electron chi connectivity index (χ3n) is 2.74. The molecule has 96 valence electrons. The Balaban J connectivity index is 1.98. The van der Waals surface area contributed by atoms with Crippen LogP contribution in [0.4, 0.5) is 10.1 Å². The first-order chi connectivity index (χ1) is 9.19. The van der Waals surface area contributed by atoms with Crippen LogP contribution in [0, 0.1) is 17.1 Å². The van der Waals surface area contributed by atoms with Crippen molar-refractivity contribution in [2.45, 2.75) is 6.42 Å². The largest absolute Gasteiger partial charge is 0.384 e. The lowest BCUT2D eigenvalue weighted by Gasteiger charge is -2.08. The molecule has 2 nitrogen and oxygen atoms in total. The number of nitrogens with zero attached hydrogens (tertiary/aromatic N) is 1. The molecule has 19 heavy (non-hydrogen) atoms. The smallest absolute Gasteiger partial charge is 0.123 e. The quantitative estimate of drug-likeness (QED) is 0.914. The molecule has 2 rings (SSSR count). The molecule has 1 N–H and O–H groups in total. The summed E-state index contributed by atoms with van der Waals surface area (Å²) >= 11 is 5.90. The van der Waals surface area contributed by atoms with Crippen LogP contribution in [0.25, 0.3) is 0 Å². The Bertz CT molecular complexity index is 603. The van der Waals surface area contributed by atoms with Crippen LogP contribution < -0.4 is 5.32 Å². The van der Waals surface area contributed by atoms with Gasteiger partial charge in [0.2, 0.25) is 0 Å². The highest BCUT2D eigenvalue weighted by Gasteiger charge is 2.02. The van der Waals surface area contributed by atoms with E-state index in [4.69, 9.17) is 16.9 Å². The minimum atomic E-state index is -0.238. The van der Waals surface area contributed by atoms with Crippen molar-refractivity contribution in [2.24, 2.45) is 0 Å². The minimum absolute atomic E-state index is 0.238. The van der Waals surface area contributed by atoms with E-state index in [2.05, 4.69) is 11.4 Å². The lowest BCUT2D eigenvalue weighted by molar-refractivity contribution is 0.627. The summed E-state index contributed by atoms with van der Waals surface area (Å²) in [4.78, 5) is 0. The Morgan fingerprint density at radius 3 is 2.58 bits per heavy atom. The average molecular weight is 275 g/mol. The zero-order valence-corrected chi connectivity index (χ0v) is 10.9. The van der Waals surface area contributed by atoms with Gasteiger partial charge in [-0.2, -0.15) is 5.26 Å². The molecule has 2 aromatic carbocycles. The molecule has 0 heterocycles. The summed E-state index contributed by atoms with van der Waals surface area (Å²) in [5.41, 5.74) is 2.31. The van der Waals surface area contributed by atoms with E-state index < -0.39 is 0 Å². The molecule has 0 aliphatic heterocycles. The molecule has 0 radical (unpaired) electrons. The first-order valence-electron chi connectivity index (χ1n) is 5.87. The van der Waals surface area contributed by atoms with Gasteiger partial charge in [-0.3, -0.25) is 0 Å². The van der Waals surface area contributed by atoms with Crippen LogP contribution >= 0.6 is 11.6 Å². The van der Waals surface area contributed by atoms with Crippen molar-refractivity contribution in [1.29, 1.82) is 5.26 Å². The van der Waals surface area contributed by atoms with Crippen LogP contribution in [0.2, 0.25) is 5.02 Å². The van der Waals surface area contributed by atoms with Gasteiger partial charge in [0, 0.05) is 11.6 Å². The summed E-state index contributed by atoms with van der Waals surface area (Å²) in [5.74, 6) is -0.238. The second kappa shape index (κ2) is 6.21. The van der Waals surface area contributed by atoms with E-state index >= 15 is 0 Å². The molecule has 0 fully saturated rings. The third kappa shape index (κ3) is 3.70. The molecule has 0 atom stereocenters. The highest BCUT2D eigenvalue weighted by Crippen LogP contribution is 2.20. The highest BCUT2D eigenvalue weighted by atomic mass is 35.5. The fraction of sp³-hybridized carbons (Fsp3) is 0.133. The number of anilines is 1. The molecule has 0 bridgehead atoms. The Kier molecular flexibility index (Phi) is 4.38. The highest BCUT2D eigenvalue weighted by molar-refractivity contribution is 6.30. The fourth-order valence-corrected chi connectivity index (χ4v) is 1.92. The molecule has 0 aliphatic rings. The first-order valence-corrected chi connectivity index (χ1v) is 6.25. The van der Waals surface area contributed by atoms with Crippen molar-refractivity contribution in [3.63, 3.8) is 0 Å². The maximum Gasteiger partial charge on any atom is 0.123 e. The molecule has 0 aromatic heterocycles. The van der Waals surface area contributed by atoms with Crippen LogP contribution in [-0.2, 0) is 6.42 Å². The van der Waals surface area contributed by atoms with Gasteiger partial charge in [0.05, 0.1) is 11.3 Å². The first kappa shape index (κ1) is 13.4. The van der Waals surface area contributed by atoms with Crippen LogP contribution in [0.3, 0.4) is 0 Å². The van der Waals surface area contributed by atoms with E-state index in [-0.39, 0.29) is 5.82 Å². The molecule has 0 aliphatic carbocycles. The summed E-state index contributed by atoms with van der Waals surface area (Å²) < 4.78 is 12.8. The lowest BCUT2D eigenvalue weighted by Crippen LogP contribution is -2.06. The van der Waals surface area contributed by atoms with E-state index in [9.17, 15) is 4.39 Å².